The van der Waals surface area contributed by atoms with Gasteiger partial charge in [0.15, 0.2) is 6.61 Å². The van der Waals surface area contributed by atoms with Crippen LogP contribution in [0.2, 0.25) is 0 Å². The van der Waals surface area contributed by atoms with Crippen LogP contribution < -0.4 is 10.1 Å². The van der Waals surface area contributed by atoms with E-state index in [1.165, 1.54) is 11.8 Å². The summed E-state index contributed by atoms with van der Waals surface area (Å²) in [5.41, 5.74) is 0.322. The Labute approximate surface area is 127 Å². The number of ether oxygens (including phenoxy) is 1. The maximum atomic E-state index is 11.7. The standard InChI is InChI=1S/C14H16N2O4S/c1-21-7-6-11(14(18)19)16-13(17)9-20-12-5-3-2-4-10(12)8-15/h2-5,11H,6-7,9H2,1H3,(H,16,17)(H,18,19)/t11-/m1/s1. The van der Waals surface area contributed by atoms with E-state index in [1.54, 1.807) is 24.3 Å². The van der Waals surface area contributed by atoms with Gasteiger partial charge in [0.1, 0.15) is 17.9 Å². The molecule has 0 unspecified atom stereocenters. The Bertz CT molecular complexity index is 542. The van der Waals surface area contributed by atoms with Gasteiger partial charge in [0.25, 0.3) is 5.91 Å². The fourth-order valence-corrected chi connectivity index (χ4v) is 2.03. The topological polar surface area (TPSA) is 99.4 Å². The lowest BCUT2D eigenvalue weighted by atomic mass is 10.2. The van der Waals surface area contributed by atoms with Crippen molar-refractivity contribution in [2.24, 2.45) is 0 Å². The van der Waals surface area contributed by atoms with Gasteiger partial charge < -0.3 is 15.2 Å². The summed E-state index contributed by atoms with van der Waals surface area (Å²) >= 11 is 1.51. The van der Waals surface area contributed by atoms with Crippen LogP contribution in [0.5, 0.6) is 5.75 Å². The molecule has 1 atom stereocenters. The normalized spacial score (nSPS) is 11.2. The molecule has 0 aromatic heterocycles. The van der Waals surface area contributed by atoms with Gasteiger partial charge in [-0.05, 0) is 30.6 Å². The molecule has 7 heteroatoms. The Morgan fingerprint density at radius 3 is 2.81 bits per heavy atom. The molecule has 0 aliphatic rings. The third kappa shape index (κ3) is 5.75. The Hall–Kier alpha value is -2.20. The summed E-state index contributed by atoms with van der Waals surface area (Å²) in [5.74, 6) is -0.674. The van der Waals surface area contributed by atoms with Crippen LogP contribution in [0.25, 0.3) is 0 Å². The van der Waals surface area contributed by atoms with Gasteiger partial charge in [-0.15, -0.1) is 0 Å². The quantitative estimate of drug-likeness (QED) is 0.750. The van der Waals surface area contributed by atoms with Gasteiger partial charge >= 0.3 is 5.97 Å². The molecule has 0 fully saturated rings. The van der Waals surface area contributed by atoms with E-state index >= 15 is 0 Å². The molecule has 6 nitrogen and oxygen atoms in total. The number of carbonyl (C=O) groups excluding carboxylic acids is 1. The molecule has 0 bridgehead atoms. The molecule has 1 amide bonds. The average molecular weight is 308 g/mol. The van der Waals surface area contributed by atoms with Gasteiger partial charge in [-0.2, -0.15) is 17.0 Å². The lowest BCUT2D eigenvalue weighted by Gasteiger charge is -2.14. The number of rotatable bonds is 8. The molecule has 1 rings (SSSR count). The summed E-state index contributed by atoms with van der Waals surface area (Å²) in [5, 5.41) is 20.3. The van der Waals surface area contributed by atoms with Crippen molar-refractivity contribution < 1.29 is 19.4 Å². The van der Waals surface area contributed by atoms with Crippen molar-refractivity contribution >= 4 is 23.6 Å². The molecular weight excluding hydrogens is 292 g/mol. The predicted molar refractivity (Wildman–Crippen MR) is 79.2 cm³/mol. The van der Waals surface area contributed by atoms with Gasteiger partial charge in [-0.25, -0.2) is 4.79 Å². The smallest absolute Gasteiger partial charge is 0.326 e. The van der Waals surface area contributed by atoms with Crippen molar-refractivity contribution in [3.8, 4) is 11.8 Å². The van der Waals surface area contributed by atoms with Gasteiger partial charge in [0.2, 0.25) is 0 Å². The minimum Gasteiger partial charge on any atom is -0.482 e. The number of hydrogen-bond acceptors (Lipinski definition) is 5. The number of carbonyl (C=O) groups is 2. The van der Waals surface area contributed by atoms with E-state index in [1.807, 2.05) is 12.3 Å². The fourth-order valence-electron chi connectivity index (χ4n) is 1.56. The number of carboxylic acid groups (broad SMARTS) is 1. The van der Waals surface area contributed by atoms with Crippen LogP contribution in [0.15, 0.2) is 24.3 Å². The van der Waals surface area contributed by atoms with Gasteiger partial charge in [0, 0.05) is 0 Å². The van der Waals surface area contributed by atoms with Gasteiger partial charge in [-0.1, -0.05) is 12.1 Å². The number of amides is 1. The van der Waals surface area contributed by atoms with E-state index < -0.39 is 17.9 Å². The highest BCUT2D eigenvalue weighted by atomic mass is 32.2. The van der Waals surface area contributed by atoms with E-state index in [0.717, 1.165) is 0 Å². The first-order chi connectivity index (χ1) is 10.1. The van der Waals surface area contributed by atoms with E-state index in [0.29, 0.717) is 23.5 Å². The highest BCUT2D eigenvalue weighted by molar-refractivity contribution is 7.98. The maximum absolute atomic E-state index is 11.7. The fraction of sp³-hybridized carbons (Fsp3) is 0.357. The second-order valence-electron chi connectivity index (χ2n) is 4.14. The zero-order chi connectivity index (χ0) is 15.7. The molecule has 0 saturated carbocycles. The first kappa shape index (κ1) is 16.9. The second-order valence-corrected chi connectivity index (χ2v) is 5.12. The van der Waals surface area contributed by atoms with Crippen LogP contribution in [0, 0.1) is 11.3 Å². The Kier molecular flexibility index (Phi) is 7.12. The van der Waals surface area contributed by atoms with Crippen molar-refractivity contribution in [3.63, 3.8) is 0 Å². The minimum atomic E-state index is -1.07. The molecule has 0 heterocycles. The van der Waals surface area contributed by atoms with E-state index in [2.05, 4.69) is 5.32 Å². The first-order valence-electron chi connectivity index (χ1n) is 6.21. The number of aliphatic carboxylic acids is 1. The second kappa shape index (κ2) is 8.87. The molecule has 0 saturated heterocycles. The first-order valence-corrected chi connectivity index (χ1v) is 7.61. The zero-order valence-corrected chi connectivity index (χ0v) is 12.4. The van der Waals surface area contributed by atoms with Gasteiger partial charge in [0.05, 0.1) is 5.56 Å². The number of nitrogens with zero attached hydrogens (tertiary/aromatic N) is 1. The number of para-hydroxylation sites is 1. The molecule has 0 radical (unpaired) electrons. The van der Waals surface area contributed by atoms with Crippen molar-refractivity contribution in [1.82, 2.24) is 5.32 Å². The SMILES string of the molecule is CSCC[C@@H](NC(=O)COc1ccccc1C#N)C(=O)O. The van der Waals surface area contributed by atoms with Crippen LogP contribution >= 0.6 is 11.8 Å². The summed E-state index contributed by atoms with van der Waals surface area (Å²) in [6.07, 6.45) is 2.21. The molecule has 21 heavy (non-hydrogen) atoms. The molecule has 2 N–H and O–H groups in total. The van der Waals surface area contributed by atoms with E-state index in [4.69, 9.17) is 15.1 Å². The van der Waals surface area contributed by atoms with Crippen LogP contribution in [0.4, 0.5) is 0 Å². The average Bonchev–Trinajstić information content (AvgIpc) is 2.49. The molecule has 0 aliphatic carbocycles. The number of nitrogens with one attached hydrogen (secondary N) is 1. The molecule has 0 aliphatic heterocycles. The molecular formula is C14H16N2O4S. The number of nitriles is 1. The molecule has 112 valence electrons. The third-order valence-electron chi connectivity index (χ3n) is 2.61. The third-order valence-corrected chi connectivity index (χ3v) is 3.25. The summed E-state index contributed by atoms with van der Waals surface area (Å²) in [6, 6.07) is 7.55. The Morgan fingerprint density at radius 1 is 1.48 bits per heavy atom. The van der Waals surface area contributed by atoms with Crippen molar-refractivity contribution in [2.45, 2.75) is 12.5 Å². The lowest BCUT2D eigenvalue weighted by Crippen LogP contribution is -2.43. The van der Waals surface area contributed by atoms with Crippen LogP contribution in [0.3, 0.4) is 0 Å². The monoisotopic (exact) mass is 308 g/mol. The summed E-state index contributed by atoms with van der Waals surface area (Å²) in [6.45, 7) is -0.332. The number of carboxylic acids is 1. The predicted octanol–water partition coefficient (Wildman–Crippen LogP) is 1.26. The number of thioether (sulfide) groups is 1. The van der Waals surface area contributed by atoms with Crippen LogP contribution in [0.1, 0.15) is 12.0 Å². The van der Waals surface area contributed by atoms with Crippen molar-refractivity contribution in [1.29, 1.82) is 5.26 Å². The molecule has 1 aromatic rings. The van der Waals surface area contributed by atoms with Gasteiger partial charge in [-0.3, -0.25) is 4.79 Å². The van der Waals surface area contributed by atoms with E-state index in [-0.39, 0.29) is 6.61 Å². The van der Waals surface area contributed by atoms with Crippen LogP contribution in [-0.4, -0.2) is 41.6 Å². The summed E-state index contributed by atoms with van der Waals surface area (Å²) < 4.78 is 5.24. The maximum Gasteiger partial charge on any atom is 0.326 e. The Morgan fingerprint density at radius 2 is 2.19 bits per heavy atom. The van der Waals surface area contributed by atoms with Crippen molar-refractivity contribution in [3.05, 3.63) is 29.8 Å². The summed E-state index contributed by atoms with van der Waals surface area (Å²) in [7, 11) is 0. The largest absolute Gasteiger partial charge is 0.482 e. The van der Waals surface area contributed by atoms with Crippen LogP contribution in [-0.2, 0) is 9.59 Å². The van der Waals surface area contributed by atoms with E-state index in [9.17, 15) is 9.59 Å². The zero-order valence-electron chi connectivity index (χ0n) is 11.5. The highest BCUT2D eigenvalue weighted by Gasteiger charge is 2.19. The highest BCUT2D eigenvalue weighted by Crippen LogP contribution is 2.16. The number of hydrogen-bond donors (Lipinski definition) is 2. The number of benzene rings is 1. The Balaban J connectivity index is 2.53. The van der Waals surface area contributed by atoms with Crippen molar-refractivity contribution in [2.75, 3.05) is 18.6 Å². The minimum absolute atomic E-state index is 0.297. The lowest BCUT2D eigenvalue weighted by molar-refractivity contribution is -0.142. The molecule has 0 spiro atoms. The molecule has 1 aromatic carbocycles. The summed E-state index contributed by atoms with van der Waals surface area (Å²) in [4.78, 5) is 22.7.